The van der Waals surface area contributed by atoms with Crippen LogP contribution in [0.1, 0.15) is 31.4 Å². The summed E-state index contributed by atoms with van der Waals surface area (Å²) in [7, 11) is 1.66. The SMILES string of the molecule is CC(CC(N)=O)CC(N)c1ccc2c(c1)oc(=O)n2C. The van der Waals surface area contributed by atoms with Gasteiger partial charge in [0, 0.05) is 19.5 Å². The van der Waals surface area contributed by atoms with Gasteiger partial charge in [-0.3, -0.25) is 9.36 Å². The third kappa shape index (κ3) is 2.91. The number of hydrogen-bond donors (Lipinski definition) is 2. The molecule has 0 radical (unpaired) electrons. The Hall–Kier alpha value is -2.08. The molecular weight excluding hydrogens is 258 g/mol. The Bertz CT molecular complexity index is 687. The van der Waals surface area contributed by atoms with Crippen molar-refractivity contribution in [2.75, 3.05) is 0 Å². The number of benzene rings is 1. The molecule has 0 spiro atoms. The number of nitrogens with zero attached hydrogens (tertiary/aromatic N) is 1. The van der Waals surface area contributed by atoms with Crippen LogP contribution in [0.5, 0.6) is 0 Å². The maximum atomic E-state index is 11.4. The minimum atomic E-state index is -0.396. The molecule has 0 saturated heterocycles. The van der Waals surface area contributed by atoms with Gasteiger partial charge in [0.2, 0.25) is 5.91 Å². The van der Waals surface area contributed by atoms with E-state index in [0.29, 0.717) is 18.4 Å². The van der Waals surface area contributed by atoms with Gasteiger partial charge in [-0.25, -0.2) is 4.79 Å². The average molecular weight is 277 g/mol. The van der Waals surface area contributed by atoms with E-state index in [1.54, 1.807) is 13.1 Å². The van der Waals surface area contributed by atoms with E-state index in [-0.39, 0.29) is 17.9 Å². The standard InChI is InChI=1S/C14H19N3O3/c1-8(6-13(16)18)5-10(15)9-3-4-11-12(7-9)20-14(19)17(11)2/h3-4,7-8,10H,5-6,15H2,1-2H3,(H2,16,18). The fourth-order valence-electron chi connectivity index (χ4n) is 2.38. The van der Waals surface area contributed by atoms with E-state index >= 15 is 0 Å². The van der Waals surface area contributed by atoms with Crippen molar-refractivity contribution in [1.29, 1.82) is 0 Å². The predicted octanol–water partition coefficient (Wildman–Crippen LogP) is 1.03. The molecule has 4 N–H and O–H groups in total. The van der Waals surface area contributed by atoms with Crippen LogP contribution in [0, 0.1) is 5.92 Å². The fourth-order valence-corrected chi connectivity index (χ4v) is 2.38. The summed E-state index contributed by atoms with van der Waals surface area (Å²) in [5, 5.41) is 0. The molecule has 2 rings (SSSR count). The zero-order valence-corrected chi connectivity index (χ0v) is 11.6. The van der Waals surface area contributed by atoms with Crippen LogP contribution in [0.4, 0.5) is 0 Å². The summed E-state index contributed by atoms with van der Waals surface area (Å²) < 4.78 is 6.58. The lowest BCUT2D eigenvalue weighted by Gasteiger charge is -2.16. The molecule has 0 bridgehead atoms. The second-order valence-corrected chi connectivity index (χ2v) is 5.27. The summed E-state index contributed by atoms with van der Waals surface area (Å²) in [4.78, 5) is 22.3. The number of carbonyl (C=O) groups excluding carboxylic acids is 1. The first-order valence-corrected chi connectivity index (χ1v) is 6.52. The van der Waals surface area contributed by atoms with Gasteiger partial charge in [0.05, 0.1) is 5.52 Å². The number of nitrogens with two attached hydrogens (primary N) is 2. The molecule has 0 saturated carbocycles. The average Bonchev–Trinajstić information content (AvgIpc) is 2.63. The summed E-state index contributed by atoms with van der Waals surface area (Å²) in [6, 6.07) is 5.24. The number of rotatable bonds is 5. The van der Waals surface area contributed by atoms with Crippen molar-refractivity contribution in [3.05, 3.63) is 34.3 Å². The summed E-state index contributed by atoms with van der Waals surface area (Å²) in [6.07, 6.45) is 0.960. The van der Waals surface area contributed by atoms with E-state index in [4.69, 9.17) is 15.9 Å². The monoisotopic (exact) mass is 277 g/mol. The lowest BCUT2D eigenvalue weighted by atomic mass is 9.94. The maximum Gasteiger partial charge on any atom is 0.419 e. The predicted molar refractivity (Wildman–Crippen MR) is 76.0 cm³/mol. The minimum absolute atomic E-state index is 0.112. The number of oxazole rings is 1. The van der Waals surface area contributed by atoms with Crippen LogP contribution in [0.15, 0.2) is 27.4 Å². The Kier molecular flexibility index (Phi) is 3.94. The van der Waals surface area contributed by atoms with Gasteiger partial charge in [-0.15, -0.1) is 0 Å². The Labute approximate surface area is 116 Å². The van der Waals surface area contributed by atoms with Gasteiger partial charge in [-0.1, -0.05) is 13.0 Å². The largest absolute Gasteiger partial charge is 0.419 e. The molecule has 1 amide bonds. The van der Waals surface area contributed by atoms with Crippen LogP contribution < -0.4 is 17.2 Å². The molecule has 1 aromatic heterocycles. The highest BCUT2D eigenvalue weighted by Gasteiger charge is 2.15. The van der Waals surface area contributed by atoms with E-state index in [2.05, 4.69) is 0 Å². The normalized spacial score (nSPS) is 14.3. The van der Waals surface area contributed by atoms with E-state index in [0.717, 1.165) is 11.1 Å². The van der Waals surface area contributed by atoms with Crippen LogP contribution in [-0.4, -0.2) is 10.5 Å². The van der Waals surface area contributed by atoms with Crippen LogP contribution in [-0.2, 0) is 11.8 Å². The number of primary amides is 1. The van der Waals surface area contributed by atoms with Crippen LogP contribution in [0.3, 0.4) is 0 Å². The third-order valence-corrected chi connectivity index (χ3v) is 3.45. The van der Waals surface area contributed by atoms with Crippen molar-refractivity contribution in [1.82, 2.24) is 4.57 Å². The van der Waals surface area contributed by atoms with E-state index in [9.17, 15) is 9.59 Å². The third-order valence-electron chi connectivity index (χ3n) is 3.45. The quantitative estimate of drug-likeness (QED) is 0.851. The molecule has 6 nitrogen and oxygen atoms in total. The summed E-state index contributed by atoms with van der Waals surface area (Å²) in [5.74, 6) is -0.608. The highest BCUT2D eigenvalue weighted by Crippen LogP contribution is 2.24. The van der Waals surface area contributed by atoms with Crippen molar-refractivity contribution in [2.45, 2.75) is 25.8 Å². The van der Waals surface area contributed by atoms with Crippen LogP contribution in [0.25, 0.3) is 11.1 Å². The number of fused-ring (bicyclic) bond motifs is 1. The summed E-state index contributed by atoms with van der Waals surface area (Å²) in [5.41, 5.74) is 13.4. The van der Waals surface area contributed by atoms with Crippen molar-refractivity contribution < 1.29 is 9.21 Å². The summed E-state index contributed by atoms with van der Waals surface area (Å²) in [6.45, 7) is 1.94. The molecule has 2 aromatic rings. The minimum Gasteiger partial charge on any atom is -0.408 e. The Morgan fingerprint density at radius 3 is 2.80 bits per heavy atom. The molecule has 6 heteroatoms. The number of carbonyl (C=O) groups is 1. The lowest BCUT2D eigenvalue weighted by Crippen LogP contribution is -2.19. The number of amides is 1. The second-order valence-electron chi connectivity index (χ2n) is 5.27. The highest BCUT2D eigenvalue weighted by molar-refractivity contribution is 5.74. The van der Waals surface area contributed by atoms with Crippen LogP contribution in [0.2, 0.25) is 0 Å². The number of aryl methyl sites for hydroxylation is 1. The van der Waals surface area contributed by atoms with E-state index in [1.807, 2.05) is 19.1 Å². The first kappa shape index (κ1) is 14.3. The molecule has 2 atom stereocenters. The first-order valence-electron chi connectivity index (χ1n) is 6.52. The van der Waals surface area contributed by atoms with Gasteiger partial charge >= 0.3 is 5.76 Å². The number of aromatic nitrogens is 1. The zero-order valence-electron chi connectivity index (χ0n) is 11.6. The zero-order chi connectivity index (χ0) is 14.9. The van der Waals surface area contributed by atoms with E-state index in [1.165, 1.54) is 4.57 Å². The molecule has 0 aliphatic rings. The maximum absolute atomic E-state index is 11.4. The van der Waals surface area contributed by atoms with E-state index < -0.39 is 5.76 Å². The highest BCUT2D eigenvalue weighted by atomic mass is 16.4. The number of hydrogen-bond acceptors (Lipinski definition) is 4. The Balaban J connectivity index is 2.20. The molecule has 0 aliphatic carbocycles. The van der Waals surface area contributed by atoms with Gasteiger partial charge in [0.1, 0.15) is 0 Å². The molecule has 108 valence electrons. The molecule has 1 heterocycles. The van der Waals surface area contributed by atoms with Crippen molar-refractivity contribution in [3.8, 4) is 0 Å². The molecule has 0 aliphatic heterocycles. The van der Waals surface area contributed by atoms with Crippen LogP contribution >= 0.6 is 0 Å². The van der Waals surface area contributed by atoms with Crippen molar-refractivity contribution in [3.63, 3.8) is 0 Å². The molecule has 2 unspecified atom stereocenters. The molecule has 20 heavy (non-hydrogen) atoms. The first-order chi connectivity index (χ1) is 9.38. The molecule has 0 fully saturated rings. The Morgan fingerprint density at radius 1 is 1.45 bits per heavy atom. The summed E-state index contributed by atoms with van der Waals surface area (Å²) >= 11 is 0. The van der Waals surface area contributed by atoms with Crippen molar-refractivity contribution in [2.24, 2.45) is 24.4 Å². The van der Waals surface area contributed by atoms with Gasteiger partial charge in [-0.2, -0.15) is 0 Å². The van der Waals surface area contributed by atoms with Gasteiger partial charge < -0.3 is 15.9 Å². The molecule has 1 aromatic carbocycles. The lowest BCUT2D eigenvalue weighted by molar-refractivity contribution is -0.118. The fraction of sp³-hybridized carbons (Fsp3) is 0.429. The van der Waals surface area contributed by atoms with Crippen molar-refractivity contribution >= 4 is 17.0 Å². The smallest absolute Gasteiger partial charge is 0.408 e. The Morgan fingerprint density at radius 2 is 2.15 bits per heavy atom. The van der Waals surface area contributed by atoms with Gasteiger partial charge in [0.25, 0.3) is 0 Å². The molecular formula is C14H19N3O3. The topological polar surface area (TPSA) is 104 Å². The second kappa shape index (κ2) is 5.50. The van der Waals surface area contributed by atoms with Gasteiger partial charge in [0.15, 0.2) is 5.58 Å². The van der Waals surface area contributed by atoms with Gasteiger partial charge in [-0.05, 0) is 30.0 Å².